The van der Waals surface area contributed by atoms with E-state index in [0.717, 1.165) is 0 Å². The van der Waals surface area contributed by atoms with Crippen LogP contribution in [0.5, 0.6) is 0 Å². The second kappa shape index (κ2) is 5.28. The molecule has 0 spiro atoms. The average molecular weight is 161 g/mol. The van der Waals surface area contributed by atoms with Crippen molar-refractivity contribution in [3.8, 4) is 0 Å². The third-order valence-electron chi connectivity index (χ3n) is 0.583. The Balaban J connectivity index is 0. The van der Waals surface area contributed by atoms with Crippen molar-refractivity contribution in [1.29, 1.82) is 0 Å². The molecule has 0 heterocycles. The smallest absolute Gasteiger partial charge is 0.132 e. The molecular formula is C5H10CoO2. The van der Waals surface area contributed by atoms with Crippen molar-refractivity contribution in [3.63, 3.8) is 0 Å². The number of carbonyl (C=O) groups excluding carboxylic acids is 1. The topological polar surface area (TPSA) is 37.3 Å². The molecule has 0 aliphatic heterocycles. The molecule has 1 radical (unpaired) electrons. The van der Waals surface area contributed by atoms with E-state index in [9.17, 15) is 4.79 Å². The number of rotatable bonds is 2. The third kappa shape index (κ3) is 9.46. The van der Waals surface area contributed by atoms with Crippen LogP contribution in [0.25, 0.3) is 0 Å². The van der Waals surface area contributed by atoms with Gasteiger partial charge >= 0.3 is 0 Å². The molecule has 1 unspecified atom stereocenters. The van der Waals surface area contributed by atoms with Gasteiger partial charge in [-0.1, -0.05) is 0 Å². The maximum absolute atomic E-state index is 10.1. The Morgan fingerprint density at radius 1 is 1.75 bits per heavy atom. The first kappa shape index (κ1) is 11.0. The minimum absolute atomic E-state index is 0. The van der Waals surface area contributed by atoms with Gasteiger partial charge in [-0.3, -0.25) is 4.79 Å². The summed E-state index contributed by atoms with van der Waals surface area (Å²) in [6.07, 6.45) is -0.197. The van der Waals surface area contributed by atoms with Crippen molar-refractivity contribution in [2.45, 2.75) is 26.4 Å². The predicted octanol–water partition coefficient (Wildman–Crippen LogP) is 0.344. The monoisotopic (exact) mass is 161 g/mol. The zero-order valence-corrected chi connectivity index (χ0v) is 6.01. The molecule has 0 aromatic carbocycles. The van der Waals surface area contributed by atoms with Crippen LogP contribution in [0, 0.1) is 0 Å². The normalized spacial score (nSPS) is 11.9. The molecular weight excluding hydrogens is 151 g/mol. The van der Waals surface area contributed by atoms with Gasteiger partial charge in [-0.2, -0.15) is 0 Å². The van der Waals surface area contributed by atoms with E-state index in [1.54, 1.807) is 6.92 Å². The first-order valence-electron chi connectivity index (χ1n) is 2.30. The molecule has 0 saturated heterocycles. The van der Waals surface area contributed by atoms with Gasteiger partial charge in [0.25, 0.3) is 0 Å². The first-order chi connectivity index (χ1) is 3.13. The SMILES string of the molecule is CC(=O)CC(C)O.[Co]. The van der Waals surface area contributed by atoms with Crippen LogP contribution in [0.3, 0.4) is 0 Å². The van der Waals surface area contributed by atoms with Gasteiger partial charge in [0.05, 0.1) is 6.10 Å². The minimum Gasteiger partial charge on any atom is -0.393 e. The maximum Gasteiger partial charge on any atom is 0.132 e. The predicted molar refractivity (Wildman–Crippen MR) is 27.0 cm³/mol. The van der Waals surface area contributed by atoms with Crippen molar-refractivity contribution in [2.24, 2.45) is 0 Å². The molecule has 1 atom stereocenters. The van der Waals surface area contributed by atoms with E-state index < -0.39 is 6.10 Å². The van der Waals surface area contributed by atoms with Gasteiger partial charge in [0, 0.05) is 23.2 Å². The Labute approximate surface area is 59.5 Å². The van der Waals surface area contributed by atoms with Crippen molar-refractivity contribution in [1.82, 2.24) is 0 Å². The molecule has 3 heteroatoms. The fourth-order valence-corrected chi connectivity index (χ4v) is 0.416. The molecule has 0 aromatic heterocycles. The Hall–Kier alpha value is 0.136. The van der Waals surface area contributed by atoms with E-state index in [4.69, 9.17) is 5.11 Å². The fraction of sp³-hybridized carbons (Fsp3) is 0.800. The van der Waals surface area contributed by atoms with Crippen LogP contribution >= 0.6 is 0 Å². The number of Topliss-reactive ketones (excluding diaryl/α,β-unsaturated/α-hetero) is 1. The van der Waals surface area contributed by atoms with E-state index in [2.05, 4.69) is 0 Å². The summed E-state index contributed by atoms with van der Waals surface area (Å²) in [5.74, 6) is 0.0370. The van der Waals surface area contributed by atoms with Gasteiger partial charge in [-0.15, -0.1) is 0 Å². The number of ketones is 1. The van der Waals surface area contributed by atoms with Crippen LogP contribution in [-0.4, -0.2) is 17.0 Å². The van der Waals surface area contributed by atoms with E-state index in [0.29, 0.717) is 0 Å². The summed E-state index contributed by atoms with van der Waals surface area (Å²) in [7, 11) is 0. The largest absolute Gasteiger partial charge is 0.393 e. The average Bonchev–Trinajstić information content (AvgIpc) is 1.27. The molecule has 0 bridgehead atoms. The summed E-state index contributed by atoms with van der Waals surface area (Å²) >= 11 is 0. The molecule has 0 rings (SSSR count). The zero-order valence-electron chi connectivity index (χ0n) is 4.97. The summed E-state index contributed by atoms with van der Waals surface area (Å²) in [6.45, 7) is 3.06. The molecule has 0 saturated carbocycles. The third-order valence-corrected chi connectivity index (χ3v) is 0.583. The van der Waals surface area contributed by atoms with Gasteiger partial charge < -0.3 is 5.11 Å². The molecule has 2 nitrogen and oxygen atoms in total. The molecule has 0 fully saturated rings. The quantitative estimate of drug-likeness (QED) is 0.634. The van der Waals surface area contributed by atoms with Crippen molar-refractivity contribution < 1.29 is 26.7 Å². The molecule has 0 aliphatic rings. The van der Waals surface area contributed by atoms with Gasteiger partial charge in [-0.25, -0.2) is 0 Å². The zero-order chi connectivity index (χ0) is 5.86. The van der Waals surface area contributed by atoms with Crippen molar-refractivity contribution in [3.05, 3.63) is 0 Å². The second-order valence-electron chi connectivity index (χ2n) is 1.76. The summed E-state index contributed by atoms with van der Waals surface area (Å²) in [5.41, 5.74) is 0. The second-order valence-corrected chi connectivity index (χ2v) is 1.76. The fourth-order valence-electron chi connectivity index (χ4n) is 0.416. The van der Waals surface area contributed by atoms with Gasteiger partial charge in [-0.05, 0) is 13.8 Å². The number of aliphatic hydroxyl groups is 1. The van der Waals surface area contributed by atoms with Crippen LogP contribution in [0.2, 0.25) is 0 Å². The molecule has 1 N–H and O–H groups in total. The maximum atomic E-state index is 10.1. The van der Waals surface area contributed by atoms with Crippen LogP contribution in [0.15, 0.2) is 0 Å². The number of aliphatic hydroxyl groups excluding tert-OH is 1. The summed E-state index contributed by atoms with van der Waals surface area (Å²) in [6, 6.07) is 0. The molecule has 0 aliphatic carbocycles. The molecule has 51 valence electrons. The number of carbonyl (C=O) groups is 1. The van der Waals surface area contributed by atoms with E-state index in [1.807, 2.05) is 0 Å². The Bertz CT molecular complexity index is 70.8. The minimum atomic E-state index is -0.475. The standard InChI is InChI=1S/C5H10O2.Co/c1-4(6)3-5(2)7;/h4,6H,3H2,1-2H3;. The first-order valence-corrected chi connectivity index (χ1v) is 2.30. The Morgan fingerprint density at radius 3 is 2.12 bits per heavy atom. The van der Waals surface area contributed by atoms with Gasteiger partial charge in [0.15, 0.2) is 0 Å². The van der Waals surface area contributed by atoms with Crippen LogP contribution < -0.4 is 0 Å². The molecule has 0 aromatic rings. The summed E-state index contributed by atoms with van der Waals surface area (Å²) < 4.78 is 0. The Kier molecular flexibility index (Phi) is 7.26. The number of hydrogen-bond donors (Lipinski definition) is 1. The van der Waals surface area contributed by atoms with Crippen LogP contribution in [0.4, 0.5) is 0 Å². The van der Waals surface area contributed by atoms with E-state index in [1.165, 1.54) is 6.92 Å². The summed E-state index contributed by atoms with van der Waals surface area (Å²) in [5, 5.41) is 8.50. The van der Waals surface area contributed by atoms with Gasteiger partial charge in [0.2, 0.25) is 0 Å². The summed E-state index contributed by atoms with van der Waals surface area (Å²) in [4.78, 5) is 10.1. The van der Waals surface area contributed by atoms with Crippen molar-refractivity contribution in [2.75, 3.05) is 0 Å². The van der Waals surface area contributed by atoms with Crippen molar-refractivity contribution >= 4 is 5.78 Å². The Morgan fingerprint density at radius 2 is 2.12 bits per heavy atom. The van der Waals surface area contributed by atoms with Gasteiger partial charge in [0.1, 0.15) is 5.78 Å². The van der Waals surface area contributed by atoms with E-state index >= 15 is 0 Å². The molecule has 8 heavy (non-hydrogen) atoms. The number of hydrogen-bond acceptors (Lipinski definition) is 2. The molecule has 0 amide bonds. The van der Waals surface area contributed by atoms with E-state index in [-0.39, 0.29) is 29.0 Å². The van der Waals surface area contributed by atoms with Crippen LogP contribution in [-0.2, 0) is 21.6 Å². The van der Waals surface area contributed by atoms with Crippen LogP contribution in [0.1, 0.15) is 20.3 Å².